The van der Waals surface area contributed by atoms with Gasteiger partial charge in [-0.1, -0.05) is 84.4 Å². The van der Waals surface area contributed by atoms with Crippen molar-refractivity contribution >= 4 is 51.1 Å². The highest BCUT2D eigenvalue weighted by atomic mass is 35.5. The lowest BCUT2D eigenvalue weighted by atomic mass is 10.1. The third-order valence-electron chi connectivity index (χ3n) is 5.82. The smallest absolute Gasteiger partial charge is 0.355 e. The number of carbonyl (C=O) groups is 2. The van der Waals surface area contributed by atoms with Gasteiger partial charge in [0.25, 0.3) is 5.91 Å². The number of hydrogen-bond acceptors (Lipinski definition) is 6. The second kappa shape index (κ2) is 11.9. The van der Waals surface area contributed by atoms with Gasteiger partial charge in [-0.2, -0.15) is 5.10 Å². The first kappa shape index (κ1) is 26.2. The van der Waals surface area contributed by atoms with Gasteiger partial charge in [0.2, 0.25) is 0 Å². The summed E-state index contributed by atoms with van der Waals surface area (Å²) in [7, 11) is 0. The van der Waals surface area contributed by atoms with Crippen LogP contribution in [0.4, 0.5) is 0 Å². The molecule has 1 atom stereocenters. The molecule has 0 aliphatic carbocycles. The van der Waals surface area contributed by atoms with Crippen LogP contribution in [0.3, 0.4) is 0 Å². The van der Waals surface area contributed by atoms with Crippen LogP contribution in [0, 0.1) is 0 Å². The van der Waals surface area contributed by atoms with Gasteiger partial charge < -0.3 is 9.47 Å². The van der Waals surface area contributed by atoms with Crippen molar-refractivity contribution < 1.29 is 19.1 Å². The van der Waals surface area contributed by atoms with Crippen molar-refractivity contribution in [1.82, 2.24) is 5.43 Å². The Morgan fingerprint density at radius 3 is 2.36 bits per heavy atom. The molecule has 0 bridgehead atoms. The number of benzene rings is 4. The number of fused-ring (bicyclic) bond motifs is 1. The van der Waals surface area contributed by atoms with Crippen molar-refractivity contribution in [1.29, 1.82) is 0 Å². The highest BCUT2D eigenvalue weighted by Crippen LogP contribution is 2.35. The lowest BCUT2D eigenvalue weighted by molar-refractivity contribution is -0.127. The lowest BCUT2D eigenvalue weighted by Gasteiger charge is -2.13. The van der Waals surface area contributed by atoms with E-state index >= 15 is 0 Å². The van der Waals surface area contributed by atoms with E-state index in [9.17, 15) is 9.59 Å². The summed E-state index contributed by atoms with van der Waals surface area (Å²) >= 11 is 7.68. The third-order valence-corrected chi connectivity index (χ3v) is 7.48. The summed E-state index contributed by atoms with van der Waals surface area (Å²) in [6.45, 7) is 1.65. The van der Waals surface area contributed by atoms with Gasteiger partial charge in [0, 0.05) is 10.1 Å². The summed E-state index contributed by atoms with van der Waals surface area (Å²) in [5.74, 6) is -0.0271. The van der Waals surface area contributed by atoms with Crippen molar-refractivity contribution in [2.75, 3.05) is 0 Å². The zero-order chi connectivity index (χ0) is 27.2. The molecule has 0 aliphatic rings. The maximum atomic E-state index is 12.7. The molecule has 0 saturated heterocycles. The molecule has 1 aromatic heterocycles. The number of hydrogen-bond donors (Lipinski definition) is 1. The maximum absolute atomic E-state index is 12.7. The summed E-state index contributed by atoms with van der Waals surface area (Å²) in [6, 6.07) is 31.9. The number of amides is 1. The predicted octanol–water partition coefficient (Wildman–Crippen LogP) is 7.36. The Labute approximate surface area is 234 Å². The van der Waals surface area contributed by atoms with E-state index in [0.717, 1.165) is 21.2 Å². The molecule has 0 spiro atoms. The van der Waals surface area contributed by atoms with Crippen LogP contribution in [0.5, 0.6) is 11.5 Å². The van der Waals surface area contributed by atoms with Gasteiger partial charge in [0.05, 0.1) is 11.2 Å². The minimum Gasteiger partial charge on any atom is -0.481 e. The number of halogens is 1. The summed E-state index contributed by atoms with van der Waals surface area (Å²) in [6.07, 6.45) is 0.700. The molecule has 4 aromatic carbocycles. The van der Waals surface area contributed by atoms with Crippen molar-refractivity contribution in [2.45, 2.75) is 13.0 Å². The molecule has 1 unspecified atom stereocenters. The summed E-state index contributed by atoms with van der Waals surface area (Å²) in [4.78, 5) is 25.5. The molecular weight excluding hydrogens is 532 g/mol. The monoisotopic (exact) mass is 554 g/mol. The van der Waals surface area contributed by atoms with Gasteiger partial charge in [-0.25, -0.2) is 10.2 Å². The summed E-state index contributed by atoms with van der Waals surface area (Å²) in [5, 5.41) is 5.21. The van der Waals surface area contributed by atoms with Crippen LogP contribution in [-0.2, 0) is 4.79 Å². The van der Waals surface area contributed by atoms with E-state index < -0.39 is 18.0 Å². The Balaban J connectivity index is 1.16. The quantitative estimate of drug-likeness (QED) is 0.0940. The van der Waals surface area contributed by atoms with Crippen LogP contribution in [0.2, 0.25) is 5.02 Å². The number of esters is 1. The number of thiophene rings is 1. The fourth-order valence-electron chi connectivity index (χ4n) is 3.83. The average molecular weight is 555 g/mol. The lowest BCUT2D eigenvalue weighted by Crippen LogP contribution is -2.33. The van der Waals surface area contributed by atoms with Crippen molar-refractivity contribution in [3.63, 3.8) is 0 Å². The van der Waals surface area contributed by atoms with Gasteiger partial charge in [-0.15, -0.1) is 11.3 Å². The normalized spacial score (nSPS) is 11.8. The maximum Gasteiger partial charge on any atom is 0.355 e. The number of carbonyl (C=O) groups excluding carboxylic acids is 2. The Kier molecular flexibility index (Phi) is 8.01. The molecule has 8 heteroatoms. The number of rotatable bonds is 8. The largest absolute Gasteiger partial charge is 0.481 e. The first-order valence-corrected chi connectivity index (χ1v) is 13.3. The van der Waals surface area contributed by atoms with Crippen molar-refractivity contribution in [3.05, 3.63) is 119 Å². The van der Waals surface area contributed by atoms with Gasteiger partial charge in [0.15, 0.2) is 6.10 Å². The molecule has 0 aliphatic heterocycles. The van der Waals surface area contributed by atoms with Crippen LogP contribution >= 0.6 is 22.9 Å². The topological polar surface area (TPSA) is 77.0 Å². The summed E-state index contributed by atoms with van der Waals surface area (Å²) in [5.41, 5.74) is 5.27. The molecule has 5 rings (SSSR count). The van der Waals surface area contributed by atoms with Crippen LogP contribution in [0.25, 0.3) is 21.2 Å². The highest BCUT2D eigenvalue weighted by Gasteiger charge is 2.19. The molecule has 6 nitrogen and oxygen atoms in total. The van der Waals surface area contributed by atoms with Crippen molar-refractivity contribution in [3.8, 4) is 22.6 Å². The van der Waals surface area contributed by atoms with Gasteiger partial charge >= 0.3 is 5.97 Å². The molecule has 39 heavy (non-hydrogen) atoms. The van der Waals surface area contributed by atoms with Crippen LogP contribution in [-0.4, -0.2) is 24.2 Å². The first-order chi connectivity index (χ1) is 19.0. The van der Waals surface area contributed by atoms with Gasteiger partial charge in [-0.3, -0.25) is 4.79 Å². The Hall–Kier alpha value is -4.46. The van der Waals surface area contributed by atoms with E-state index in [2.05, 4.69) is 10.5 Å². The predicted molar refractivity (Wildman–Crippen MR) is 156 cm³/mol. The number of nitrogens with zero attached hydrogens (tertiary/aromatic N) is 1. The fourth-order valence-corrected chi connectivity index (χ4v) is 5.22. The van der Waals surface area contributed by atoms with Gasteiger partial charge in [-0.05, 0) is 53.9 Å². The molecule has 0 radical (unpaired) electrons. The molecule has 1 N–H and O–H groups in total. The molecular formula is C31H23ClN2O4S. The average Bonchev–Trinajstić information content (AvgIpc) is 3.30. The second-order valence-electron chi connectivity index (χ2n) is 8.59. The van der Waals surface area contributed by atoms with E-state index in [1.807, 2.05) is 78.9 Å². The molecule has 0 saturated carbocycles. The minimum absolute atomic E-state index is 0.333. The standard InChI is InChI=1S/C31H23ClN2O4S/c1-20(37-24-16-14-23(15-17-24)22-9-3-2-4-10-22)30(35)34-33-19-21-8-7-11-25(18-21)38-31(36)29-28(32)26-12-5-6-13-27(26)39-29/h2-20H,1H3,(H,34,35)/b33-19+. The molecule has 0 fully saturated rings. The highest BCUT2D eigenvalue weighted by molar-refractivity contribution is 7.21. The van der Waals surface area contributed by atoms with E-state index in [-0.39, 0.29) is 0 Å². The minimum atomic E-state index is -0.761. The second-order valence-corrected chi connectivity index (χ2v) is 10.0. The van der Waals surface area contributed by atoms with E-state index in [4.69, 9.17) is 21.1 Å². The summed E-state index contributed by atoms with van der Waals surface area (Å²) < 4.78 is 12.2. The zero-order valence-electron chi connectivity index (χ0n) is 20.8. The Morgan fingerprint density at radius 1 is 0.872 bits per heavy atom. The van der Waals surface area contributed by atoms with E-state index in [1.54, 1.807) is 31.2 Å². The molecule has 1 amide bonds. The number of ether oxygens (including phenoxy) is 2. The third kappa shape index (κ3) is 6.34. The SMILES string of the molecule is CC(Oc1ccc(-c2ccccc2)cc1)C(=O)N/N=C/c1cccc(OC(=O)c2sc3ccccc3c2Cl)c1. The molecule has 1 heterocycles. The zero-order valence-corrected chi connectivity index (χ0v) is 22.4. The van der Waals surface area contributed by atoms with Crippen LogP contribution < -0.4 is 14.9 Å². The van der Waals surface area contributed by atoms with Crippen LogP contribution in [0.15, 0.2) is 108 Å². The van der Waals surface area contributed by atoms with E-state index in [1.165, 1.54) is 17.6 Å². The van der Waals surface area contributed by atoms with Gasteiger partial charge in [0.1, 0.15) is 16.4 Å². The Bertz CT molecular complexity index is 1650. The van der Waals surface area contributed by atoms with Crippen molar-refractivity contribution in [2.24, 2.45) is 5.10 Å². The molecule has 194 valence electrons. The van der Waals surface area contributed by atoms with Crippen LogP contribution in [0.1, 0.15) is 22.2 Å². The number of nitrogens with one attached hydrogen (secondary N) is 1. The number of hydrazone groups is 1. The first-order valence-electron chi connectivity index (χ1n) is 12.1. The fraction of sp³-hybridized carbons (Fsp3) is 0.0645. The van der Waals surface area contributed by atoms with E-state index in [0.29, 0.717) is 27.0 Å². The Morgan fingerprint density at radius 2 is 1.59 bits per heavy atom. The molecule has 5 aromatic rings.